The fraction of sp³-hybridized carbons (Fsp3) is 0.400. The lowest BCUT2D eigenvalue weighted by molar-refractivity contribution is -0.116. The number of fused-ring (bicyclic) bond motifs is 1. The average molecular weight is 365 g/mol. The van der Waals surface area contributed by atoms with Gasteiger partial charge in [-0.05, 0) is 48.6 Å². The van der Waals surface area contributed by atoms with Gasteiger partial charge in [-0.25, -0.2) is 0 Å². The quantitative estimate of drug-likeness (QED) is 0.732. The fourth-order valence-electron chi connectivity index (χ4n) is 3.20. The molecular weight excluding hydrogens is 342 g/mol. The third kappa shape index (κ3) is 4.17. The van der Waals surface area contributed by atoms with E-state index in [-0.39, 0.29) is 5.91 Å². The van der Waals surface area contributed by atoms with E-state index in [2.05, 4.69) is 26.9 Å². The molecule has 140 valence electrons. The van der Waals surface area contributed by atoms with Crippen LogP contribution in [0.4, 0.5) is 11.5 Å². The first-order valence-electron chi connectivity index (χ1n) is 9.24. The van der Waals surface area contributed by atoms with Gasteiger partial charge in [0.05, 0.1) is 12.2 Å². The Morgan fingerprint density at radius 3 is 2.85 bits per heavy atom. The lowest BCUT2D eigenvalue weighted by atomic mass is 10.0. The molecular formula is C20H23N5O2. The number of nitrogens with one attached hydrogen (secondary N) is 2. The molecule has 0 saturated heterocycles. The number of carbonyl (C=O) groups is 1. The minimum Gasteiger partial charge on any atom is -0.492 e. The summed E-state index contributed by atoms with van der Waals surface area (Å²) < 4.78 is 5.79. The molecule has 0 unspecified atom stereocenters. The molecule has 2 aromatic rings. The van der Waals surface area contributed by atoms with Crippen molar-refractivity contribution < 1.29 is 9.53 Å². The Morgan fingerprint density at radius 1 is 1.26 bits per heavy atom. The molecule has 0 atom stereocenters. The molecule has 3 rings (SSSR count). The number of hydrogen-bond donors (Lipinski definition) is 2. The highest BCUT2D eigenvalue weighted by Crippen LogP contribution is 2.26. The van der Waals surface area contributed by atoms with Gasteiger partial charge in [-0.15, -0.1) is 5.10 Å². The lowest BCUT2D eigenvalue weighted by Gasteiger charge is -2.18. The van der Waals surface area contributed by atoms with Crippen LogP contribution in [0, 0.1) is 11.3 Å². The van der Waals surface area contributed by atoms with Crippen LogP contribution in [0.1, 0.15) is 42.7 Å². The molecule has 27 heavy (non-hydrogen) atoms. The van der Waals surface area contributed by atoms with E-state index in [9.17, 15) is 10.1 Å². The Bertz CT molecular complexity index is 889. The van der Waals surface area contributed by atoms with E-state index in [1.165, 1.54) is 0 Å². The second-order valence-corrected chi connectivity index (χ2v) is 6.31. The molecule has 1 aliphatic rings. The summed E-state index contributed by atoms with van der Waals surface area (Å²) in [4.78, 5) is 11.4. The Balaban J connectivity index is 1.59. The van der Waals surface area contributed by atoms with Crippen LogP contribution < -0.4 is 15.4 Å². The molecule has 7 heteroatoms. The smallest absolute Gasteiger partial charge is 0.224 e. The van der Waals surface area contributed by atoms with Gasteiger partial charge in [0.2, 0.25) is 5.91 Å². The molecule has 1 aromatic carbocycles. The maximum Gasteiger partial charge on any atom is 0.224 e. The van der Waals surface area contributed by atoms with Crippen molar-refractivity contribution in [2.45, 2.75) is 39.5 Å². The number of benzene rings is 1. The number of carbonyl (C=O) groups excluding carboxylic acids is 1. The molecule has 0 saturated carbocycles. The van der Waals surface area contributed by atoms with Crippen LogP contribution in [0.15, 0.2) is 18.2 Å². The zero-order valence-corrected chi connectivity index (χ0v) is 15.6. The molecule has 7 nitrogen and oxygen atoms in total. The van der Waals surface area contributed by atoms with E-state index < -0.39 is 0 Å². The highest BCUT2D eigenvalue weighted by atomic mass is 16.5. The molecule has 0 radical (unpaired) electrons. The Kier molecular flexibility index (Phi) is 5.87. The van der Waals surface area contributed by atoms with Crippen molar-refractivity contribution in [3.8, 4) is 11.8 Å². The van der Waals surface area contributed by atoms with Crippen molar-refractivity contribution in [1.29, 1.82) is 5.26 Å². The lowest BCUT2D eigenvalue weighted by Crippen LogP contribution is -2.19. The molecule has 0 aliphatic carbocycles. The highest BCUT2D eigenvalue weighted by Gasteiger charge is 2.16. The summed E-state index contributed by atoms with van der Waals surface area (Å²) in [5.74, 6) is 1.31. The van der Waals surface area contributed by atoms with Crippen molar-refractivity contribution in [2.75, 3.05) is 23.8 Å². The van der Waals surface area contributed by atoms with Crippen LogP contribution in [-0.4, -0.2) is 29.3 Å². The number of aryl methyl sites for hydroxylation is 2. The second-order valence-electron chi connectivity index (χ2n) is 6.31. The second kappa shape index (κ2) is 8.49. The summed E-state index contributed by atoms with van der Waals surface area (Å²) in [6.45, 7) is 4.96. The Labute approximate surface area is 158 Å². The van der Waals surface area contributed by atoms with Gasteiger partial charge in [-0.2, -0.15) is 10.4 Å². The average Bonchev–Trinajstić information content (AvgIpc) is 2.70. The monoisotopic (exact) mass is 365 g/mol. The first kappa shape index (κ1) is 18.6. The number of rotatable bonds is 7. The highest BCUT2D eigenvalue weighted by molar-refractivity contribution is 5.94. The molecule has 1 aliphatic heterocycles. The number of nitriles is 1. The summed E-state index contributed by atoms with van der Waals surface area (Å²) in [6.07, 6.45) is 2.73. The van der Waals surface area contributed by atoms with Crippen LogP contribution >= 0.6 is 0 Å². The first-order valence-corrected chi connectivity index (χ1v) is 9.24. The zero-order chi connectivity index (χ0) is 19.2. The van der Waals surface area contributed by atoms with Gasteiger partial charge >= 0.3 is 0 Å². The third-order valence-electron chi connectivity index (χ3n) is 4.59. The molecule has 0 bridgehead atoms. The summed E-state index contributed by atoms with van der Waals surface area (Å²) in [5, 5.41) is 23.9. The van der Waals surface area contributed by atoms with Gasteiger partial charge in [0.1, 0.15) is 24.0 Å². The molecule has 1 aromatic heterocycles. The van der Waals surface area contributed by atoms with Crippen LogP contribution in [0.2, 0.25) is 0 Å². The van der Waals surface area contributed by atoms with E-state index in [4.69, 9.17) is 4.74 Å². The largest absolute Gasteiger partial charge is 0.492 e. The number of hydrogen-bond acceptors (Lipinski definition) is 6. The SMILES string of the molecule is CCc1nnc(NCCOc2ccc3c(c2)CCC(=O)N3)c(C#N)c1CC. The Morgan fingerprint density at radius 2 is 2.11 bits per heavy atom. The summed E-state index contributed by atoms with van der Waals surface area (Å²) in [7, 11) is 0. The minimum atomic E-state index is 0.0512. The first-order chi connectivity index (χ1) is 13.2. The zero-order valence-electron chi connectivity index (χ0n) is 15.6. The minimum absolute atomic E-state index is 0.0512. The predicted molar refractivity (Wildman–Crippen MR) is 103 cm³/mol. The van der Waals surface area contributed by atoms with E-state index in [0.717, 1.165) is 47.5 Å². The van der Waals surface area contributed by atoms with Crippen molar-refractivity contribution >= 4 is 17.4 Å². The van der Waals surface area contributed by atoms with Crippen molar-refractivity contribution in [1.82, 2.24) is 10.2 Å². The topological polar surface area (TPSA) is 99.9 Å². The molecule has 0 fully saturated rings. The molecule has 0 spiro atoms. The van der Waals surface area contributed by atoms with Crippen LogP contribution in [0.25, 0.3) is 0 Å². The van der Waals surface area contributed by atoms with Gasteiger partial charge in [-0.3, -0.25) is 4.79 Å². The van der Waals surface area contributed by atoms with Gasteiger partial charge in [0.15, 0.2) is 5.82 Å². The molecule has 2 heterocycles. The number of nitrogens with zero attached hydrogens (tertiary/aromatic N) is 3. The number of amides is 1. The summed E-state index contributed by atoms with van der Waals surface area (Å²) in [5.41, 5.74) is 4.33. The van der Waals surface area contributed by atoms with E-state index in [1.807, 2.05) is 32.0 Å². The standard InChI is InChI=1S/C20H23N5O2/c1-3-15-16(12-21)20(25-24-17(15)4-2)22-9-10-27-14-6-7-18-13(11-14)5-8-19(26)23-18/h6-7,11H,3-5,8-10H2,1-2H3,(H,22,25)(H,23,26). The van der Waals surface area contributed by atoms with Crippen LogP contribution in [-0.2, 0) is 24.1 Å². The van der Waals surface area contributed by atoms with E-state index >= 15 is 0 Å². The van der Waals surface area contributed by atoms with Crippen LogP contribution in [0.3, 0.4) is 0 Å². The van der Waals surface area contributed by atoms with E-state index in [1.54, 1.807) is 0 Å². The van der Waals surface area contributed by atoms with Gasteiger partial charge in [-0.1, -0.05) is 13.8 Å². The molecule has 1 amide bonds. The Hall–Kier alpha value is -3.14. The predicted octanol–water partition coefficient (Wildman–Crippen LogP) is 2.85. The van der Waals surface area contributed by atoms with Gasteiger partial charge < -0.3 is 15.4 Å². The summed E-state index contributed by atoms with van der Waals surface area (Å²) in [6, 6.07) is 7.91. The molecule has 2 N–H and O–H groups in total. The van der Waals surface area contributed by atoms with Crippen LogP contribution in [0.5, 0.6) is 5.75 Å². The van der Waals surface area contributed by atoms with E-state index in [0.29, 0.717) is 31.0 Å². The van der Waals surface area contributed by atoms with Gasteiger partial charge in [0, 0.05) is 12.1 Å². The maximum atomic E-state index is 11.4. The summed E-state index contributed by atoms with van der Waals surface area (Å²) >= 11 is 0. The van der Waals surface area contributed by atoms with Crippen molar-refractivity contribution in [3.63, 3.8) is 0 Å². The number of anilines is 2. The number of aromatic nitrogens is 2. The maximum absolute atomic E-state index is 11.4. The third-order valence-corrected chi connectivity index (χ3v) is 4.59. The number of ether oxygens (including phenoxy) is 1. The van der Waals surface area contributed by atoms with Crippen molar-refractivity contribution in [3.05, 3.63) is 40.6 Å². The van der Waals surface area contributed by atoms with Crippen molar-refractivity contribution in [2.24, 2.45) is 0 Å². The van der Waals surface area contributed by atoms with Gasteiger partial charge in [0.25, 0.3) is 0 Å². The fourth-order valence-corrected chi connectivity index (χ4v) is 3.20. The normalized spacial score (nSPS) is 12.7.